The van der Waals surface area contributed by atoms with Crippen molar-refractivity contribution in [3.8, 4) is 0 Å². The molecule has 0 aliphatic carbocycles. The summed E-state index contributed by atoms with van der Waals surface area (Å²) in [5.74, 6) is -2.64. The van der Waals surface area contributed by atoms with Gasteiger partial charge in [-0.25, -0.2) is 21.6 Å². The van der Waals surface area contributed by atoms with Crippen LogP contribution in [-0.2, 0) is 10.0 Å². The highest BCUT2D eigenvalue weighted by molar-refractivity contribution is 14.1. The fourth-order valence-corrected chi connectivity index (χ4v) is 3.38. The summed E-state index contributed by atoms with van der Waals surface area (Å²) in [6.45, 7) is 0. The van der Waals surface area contributed by atoms with Crippen molar-refractivity contribution < 1.29 is 21.6 Å². The van der Waals surface area contributed by atoms with E-state index in [0.29, 0.717) is 12.1 Å². The molecule has 0 aliphatic rings. The third kappa shape index (κ3) is 3.43. The van der Waals surface area contributed by atoms with Gasteiger partial charge in [-0.1, -0.05) is 11.6 Å². The summed E-state index contributed by atoms with van der Waals surface area (Å²) in [5, 5.41) is -0.170. The van der Waals surface area contributed by atoms with E-state index in [1.54, 1.807) is 22.6 Å². The fraction of sp³-hybridized carbons (Fsp3) is 0. The topological polar surface area (TPSA) is 46.2 Å². The van der Waals surface area contributed by atoms with Gasteiger partial charge in [0.05, 0.1) is 14.3 Å². The van der Waals surface area contributed by atoms with E-state index in [9.17, 15) is 21.6 Å². The molecule has 2 aromatic carbocycles. The Morgan fingerprint density at radius 3 is 2.33 bits per heavy atom. The first-order valence-corrected chi connectivity index (χ1v) is 8.28. The Kier molecular flexibility index (Phi) is 4.69. The molecule has 0 aromatic heterocycles. The van der Waals surface area contributed by atoms with E-state index in [4.69, 9.17) is 11.6 Å². The van der Waals surface area contributed by atoms with Crippen molar-refractivity contribution in [1.82, 2.24) is 0 Å². The van der Waals surface area contributed by atoms with Crippen LogP contribution >= 0.6 is 34.2 Å². The van der Waals surface area contributed by atoms with Crippen LogP contribution in [0.25, 0.3) is 0 Å². The summed E-state index contributed by atoms with van der Waals surface area (Å²) in [4.78, 5) is -0.863. The van der Waals surface area contributed by atoms with E-state index in [1.807, 2.05) is 4.72 Å². The van der Waals surface area contributed by atoms with Gasteiger partial charge in [0, 0.05) is 0 Å². The van der Waals surface area contributed by atoms with Crippen LogP contribution in [0.2, 0.25) is 5.02 Å². The van der Waals surface area contributed by atoms with Crippen LogP contribution in [0.3, 0.4) is 0 Å². The summed E-state index contributed by atoms with van der Waals surface area (Å²) >= 11 is 7.42. The van der Waals surface area contributed by atoms with Gasteiger partial charge in [0.1, 0.15) is 22.3 Å². The number of benzene rings is 2. The largest absolute Gasteiger partial charge is 0.278 e. The van der Waals surface area contributed by atoms with Crippen molar-refractivity contribution in [2.45, 2.75) is 4.90 Å². The minimum Gasteiger partial charge on any atom is -0.278 e. The fourth-order valence-electron chi connectivity index (χ4n) is 1.49. The van der Waals surface area contributed by atoms with Crippen molar-refractivity contribution in [3.05, 3.63) is 56.4 Å². The quantitative estimate of drug-likeness (QED) is 0.567. The summed E-state index contributed by atoms with van der Waals surface area (Å²) < 4.78 is 66.0. The summed E-state index contributed by atoms with van der Waals surface area (Å²) in [6, 6.07) is 4.13. The maximum absolute atomic E-state index is 13.5. The van der Waals surface area contributed by atoms with Crippen molar-refractivity contribution in [2.24, 2.45) is 0 Å². The monoisotopic (exact) mass is 447 g/mol. The Morgan fingerprint density at radius 1 is 1.05 bits per heavy atom. The van der Waals surface area contributed by atoms with Gasteiger partial charge in [0.2, 0.25) is 0 Å². The van der Waals surface area contributed by atoms with Crippen LogP contribution in [0.4, 0.5) is 18.9 Å². The maximum atomic E-state index is 13.5. The zero-order valence-electron chi connectivity index (χ0n) is 10.0. The highest BCUT2D eigenvalue weighted by atomic mass is 127. The van der Waals surface area contributed by atoms with E-state index in [2.05, 4.69) is 0 Å². The van der Waals surface area contributed by atoms with E-state index in [-0.39, 0.29) is 14.3 Å². The normalized spacial score (nSPS) is 11.5. The van der Waals surface area contributed by atoms with Crippen LogP contribution in [0, 0.1) is 21.0 Å². The Balaban J connectivity index is 2.47. The lowest BCUT2D eigenvalue weighted by atomic mass is 10.3. The van der Waals surface area contributed by atoms with Crippen LogP contribution in [0.1, 0.15) is 0 Å². The number of hydrogen-bond acceptors (Lipinski definition) is 2. The first kappa shape index (κ1) is 16.4. The molecule has 0 saturated carbocycles. The minimum atomic E-state index is -4.39. The SMILES string of the molecule is O=S(=O)(Nc1ccc(F)c(I)c1Cl)c1cc(F)ccc1F. The number of anilines is 1. The molecule has 0 aliphatic heterocycles. The van der Waals surface area contributed by atoms with Gasteiger partial charge >= 0.3 is 0 Å². The standard InChI is InChI=1S/C12H6ClF3INO2S/c13-11-9(4-3-8(16)12(11)17)18-21(19,20)10-5-6(14)1-2-7(10)15/h1-5,18H. The first-order chi connectivity index (χ1) is 9.72. The Morgan fingerprint density at radius 2 is 1.67 bits per heavy atom. The molecule has 0 radical (unpaired) electrons. The van der Waals surface area contributed by atoms with Crippen LogP contribution in [0.5, 0.6) is 0 Å². The number of nitrogens with one attached hydrogen (secondary N) is 1. The molecule has 112 valence electrons. The second-order valence-electron chi connectivity index (χ2n) is 3.90. The molecule has 9 heteroatoms. The van der Waals surface area contributed by atoms with Crippen molar-refractivity contribution >= 4 is 49.9 Å². The molecule has 21 heavy (non-hydrogen) atoms. The van der Waals surface area contributed by atoms with Gasteiger partial charge in [-0.3, -0.25) is 4.72 Å². The summed E-state index contributed by atoms with van der Waals surface area (Å²) in [5.41, 5.74) is -0.133. The average molecular weight is 448 g/mol. The predicted molar refractivity (Wildman–Crippen MR) is 81.3 cm³/mol. The van der Waals surface area contributed by atoms with E-state index < -0.39 is 32.4 Å². The lowest BCUT2D eigenvalue weighted by molar-refractivity contribution is 0.555. The molecular weight excluding hydrogens is 442 g/mol. The molecule has 0 bridgehead atoms. The molecule has 3 nitrogen and oxygen atoms in total. The second kappa shape index (κ2) is 6.01. The zero-order chi connectivity index (χ0) is 15.8. The Bertz CT molecular complexity index is 814. The zero-order valence-corrected chi connectivity index (χ0v) is 13.7. The molecule has 0 amide bonds. The summed E-state index contributed by atoms with van der Waals surface area (Å²) in [6.07, 6.45) is 0. The molecule has 0 heterocycles. The third-order valence-corrected chi connectivity index (χ3v) is 5.61. The first-order valence-electron chi connectivity index (χ1n) is 5.34. The molecular formula is C12H6ClF3INO2S. The van der Waals surface area contributed by atoms with Gasteiger partial charge < -0.3 is 0 Å². The minimum absolute atomic E-state index is 0.00850. The lowest BCUT2D eigenvalue weighted by Crippen LogP contribution is -2.15. The van der Waals surface area contributed by atoms with Gasteiger partial charge in [0.25, 0.3) is 10.0 Å². The molecule has 2 rings (SSSR count). The Hall–Kier alpha value is -1.00. The lowest BCUT2D eigenvalue weighted by Gasteiger charge is -2.11. The molecule has 0 fully saturated rings. The van der Waals surface area contributed by atoms with Crippen LogP contribution in [-0.4, -0.2) is 8.42 Å². The molecule has 0 unspecified atom stereocenters. The van der Waals surface area contributed by atoms with Gasteiger partial charge in [-0.05, 0) is 52.9 Å². The molecule has 0 saturated heterocycles. The number of hydrogen-bond donors (Lipinski definition) is 1. The molecule has 0 atom stereocenters. The van der Waals surface area contributed by atoms with Gasteiger partial charge in [-0.15, -0.1) is 0 Å². The predicted octanol–water partition coefficient (Wildman–Crippen LogP) is 4.16. The van der Waals surface area contributed by atoms with Gasteiger partial charge in [0.15, 0.2) is 0 Å². The van der Waals surface area contributed by atoms with Crippen molar-refractivity contribution in [2.75, 3.05) is 4.72 Å². The van der Waals surface area contributed by atoms with Crippen molar-refractivity contribution in [3.63, 3.8) is 0 Å². The second-order valence-corrected chi connectivity index (χ2v) is 7.01. The van der Waals surface area contributed by atoms with E-state index >= 15 is 0 Å². The van der Waals surface area contributed by atoms with Crippen LogP contribution < -0.4 is 4.72 Å². The third-order valence-electron chi connectivity index (χ3n) is 2.46. The summed E-state index contributed by atoms with van der Waals surface area (Å²) in [7, 11) is -4.39. The highest BCUT2D eigenvalue weighted by Crippen LogP contribution is 2.31. The van der Waals surface area contributed by atoms with Gasteiger partial charge in [-0.2, -0.15) is 0 Å². The smallest absolute Gasteiger partial charge is 0.264 e. The van der Waals surface area contributed by atoms with Crippen LogP contribution in [0.15, 0.2) is 35.2 Å². The van der Waals surface area contributed by atoms with E-state index in [1.165, 1.54) is 0 Å². The van der Waals surface area contributed by atoms with Crippen molar-refractivity contribution in [1.29, 1.82) is 0 Å². The number of rotatable bonds is 3. The van der Waals surface area contributed by atoms with E-state index in [0.717, 1.165) is 18.2 Å². The average Bonchev–Trinajstić information content (AvgIpc) is 2.42. The number of sulfonamides is 1. The highest BCUT2D eigenvalue weighted by Gasteiger charge is 2.22. The Labute approximate surface area is 137 Å². The maximum Gasteiger partial charge on any atom is 0.264 e. The molecule has 1 N–H and O–H groups in total. The number of halogens is 5. The molecule has 2 aromatic rings. The molecule has 0 spiro atoms.